The first-order chi connectivity index (χ1) is 38.0. The number of hydrogen-bond acceptors (Lipinski definition) is 5. The van der Waals surface area contributed by atoms with Crippen molar-refractivity contribution in [3.8, 4) is 0 Å². The number of amides is 1. The maximum Gasteiger partial charge on any atom is 0.472 e. The third-order valence-corrected chi connectivity index (χ3v) is 16.9. The molecule has 78 heavy (non-hydrogen) atoms. The van der Waals surface area contributed by atoms with E-state index in [1.165, 1.54) is 270 Å². The van der Waals surface area contributed by atoms with E-state index in [0.717, 1.165) is 51.4 Å². The molecule has 0 saturated carbocycles. The fourth-order valence-electron chi connectivity index (χ4n) is 10.5. The summed E-state index contributed by atoms with van der Waals surface area (Å²) < 4.78 is 23.9. The smallest absolute Gasteiger partial charge is 0.391 e. The van der Waals surface area contributed by atoms with E-state index >= 15 is 0 Å². The number of quaternary nitrogens is 1. The molecule has 8 nitrogen and oxygen atoms in total. The third-order valence-electron chi connectivity index (χ3n) is 15.9. The first kappa shape index (κ1) is 76.7. The Balaban J connectivity index is 4.04. The SMILES string of the molecule is CCCCCCC/C=C\C/C=C\C/C=C\CCCCCCCCCCCCC(=O)NC(COP(=O)(O)OCC[N+](C)(C)C)C(O)CCCCCCCCCCCCCCCCCCCCCCCCCCCCCCCCC. The number of carbonyl (C=O) groups is 1. The van der Waals surface area contributed by atoms with Crippen LogP contribution in [0.1, 0.15) is 348 Å². The lowest BCUT2D eigenvalue weighted by Gasteiger charge is -2.26. The number of likely N-dealkylation sites (N-methyl/N-ethyl adjacent to an activating group) is 1. The van der Waals surface area contributed by atoms with E-state index in [1.54, 1.807) is 0 Å². The molecule has 0 bridgehead atoms. The summed E-state index contributed by atoms with van der Waals surface area (Å²) in [5.74, 6) is -0.143. The lowest BCUT2D eigenvalue weighted by atomic mass is 10.0. The number of phosphoric acid groups is 1. The molecule has 0 aromatic rings. The van der Waals surface area contributed by atoms with E-state index in [9.17, 15) is 19.4 Å². The van der Waals surface area contributed by atoms with Gasteiger partial charge in [0.15, 0.2) is 0 Å². The monoisotopic (exact) mass is 1120 g/mol. The van der Waals surface area contributed by atoms with Gasteiger partial charge in [0, 0.05) is 6.42 Å². The summed E-state index contributed by atoms with van der Waals surface area (Å²) in [5.41, 5.74) is 0. The number of carbonyl (C=O) groups excluding carboxylic acids is 1. The largest absolute Gasteiger partial charge is 0.472 e. The molecule has 0 radical (unpaired) electrons. The van der Waals surface area contributed by atoms with Crippen LogP contribution in [-0.4, -0.2) is 73.4 Å². The van der Waals surface area contributed by atoms with E-state index < -0.39 is 20.0 Å². The van der Waals surface area contributed by atoms with Gasteiger partial charge in [0.05, 0.1) is 39.9 Å². The molecule has 0 aliphatic rings. The van der Waals surface area contributed by atoms with Crippen molar-refractivity contribution in [2.24, 2.45) is 0 Å². The van der Waals surface area contributed by atoms with Crippen LogP contribution in [0.25, 0.3) is 0 Å². The minimum Gasteiger partial charge on any atom is -0.391 e. The highest BCUT2D eigenvalue weighted by Crippen LogP contribution is 2.43. The summed E-state index contributed by atoms with van der Waals surface area (Å²) in [6, 6.07) is -0.765. The molecule has 3 atom stereocenters. The number of aliphatic hydroxyl groups excluding tert-OH is 1. The first-order valence-corrected chi connectivity index (χ1v) is 35.8. The minimum absolute atomic E-state index is 0.0743. The van der Waals surface area contributed by atoms with E-state index in [4.69, 9.17) is 9.05 Å². The second kappa shape index (κ2) is 60.3. The van der Waals surface area contributed by atoms with Crippen LogP contribution in [-0.2, 0) is 18.4 Å². The van der Waals surface area contributed by atoms with Gasteiger partial charge in [-0.25, -0.2) is 4.57 Å². The van der Waals surface area contributed by atoms with Crippen LogP contribution in [0.15, 0.2) is 36.5 Å². The van der Waals surface area contributed by atoms with Crippen molar-refractivity contribution >= 4 is 13.7 Å². The minimum atomic E-state index is -4.33. The maximum atomic E-state index is 13.1. The molecule has 3 N–H and O–H groups in total. The van der Waals surface area contributed by atoms with Gasteiger partial charge >= 0.3 is 7.82 Å². The van der Waals surface area contributed by atoms with Gasteiger partial charge in [0.2, 0.25) is 5.91 Å². The van der Waals surface area contributed by atoms with Crippen molar-refractivity contribution in [3.05, 3.63) is 36.5 Å². The number of hydrogen-bond donors (Lipinski definition) is 3. The van der Waals surface area contributed by atoms with Crippen LogP contribution in [0, 0.1) is 0 Å². The molecule has 0 heterocycles. The lowest BCUT2D eigenvalue weighted by molar-refractivity contribution is -0.870. The van der Waals surface area contributed by atoms with E-state index in [2.05, 4.69) is 55.6 Å². The number of rotatable bonds is 64. The lowest BCUT2D eigenvalue weighted by Crippen LogP contribution is -2.46. The van der Waals surface area contributed by atoms with E-state index in [0.29, 0.717) is 23.9 Å². The molecule has 0 spiro atoms. The van der Waals surface area contributed by atoms with Gasteiger partial charge in [-0.05, 0) is 51.4 Å². The normalized spacial score (nSPS) is 13.9. The quantitative estimate of drug-likeness (QED) is 0.0243. The average molecular weight is 1120 g/mol. The third kappa shape index (κ3) is 62.3. The fourth-order valence-corrected chi connectivity index (χ4v) is 11.3. The summed E-state index contributed by atoms with van der Waals surface area (Å²) in [5, 5.41) is 14.1. The Labute approximate surface area is 487 Å². The van der Waals surface area contributed by atoms with Crippen LogP contribution < -0.4 is 5.32 Å². The molecule has 0 fully saturated rings. The topological polar surface area (TPSA) is 105 Å². The van der Waals surface area contributed by atoms with Gasteiger partial charge in [-0.15, -0.1) is 0 Å². The average Bonchev–Trinajstić information content (AvgIpc) is 3.41. The van der Waals surface area contributed by atoms with Crippen molar-refractivity contribution in [2.45, 2.75) is 360 Å². The molecule has 0 aromatic heterocycles. The molecule has 0 saturated heterocycles. The summed E-state index contributed by atoms with van der Waals surface area (Å²) in [7, 11) is 1.62. The predicted octanol–water partition coefficient (Wildman–Crippen LogP) is 21.7. The number of allylic oxidation sites excluding steroid dienone is 6. The van der Waals surface area contributed by atoms with E-state index in [1.807, 2.05) is 21.1 Å². The van der Waals surface area contributed by atoms with Gasteiger partial charge in [-0.3, -0.25) is 13.8 Å². The standard InChI is InChI=1S/C69H135N2O6P/c1-6-8-10-12-14-16-18-20-22-24-26-28-30-32-33-34-35-36-37-39-40-42-44-46-48-50-52-54-56-58-60-62-68(72)67(66-77-78(74,75)76-65-64-71(3,4)5)70-69(73)63-61-59-57-55-53-51-49-47-45-43-41-38-31-29-27-25-23-21-19-17-15-13-11-9-7-2/h19,21,25,27,31,38,67-68,72H,6-18,20,22-24,26,28-30,32-37,39-66H2,1-5H3,(H-,70,73,74,75)/p+1/b21-19-,27-25-,38-31-. The summed E-state index contributed by atoms with van der Waals surface area (Å²) in [4.78, 5) is 23.4. The molecule has 0 aromatic carbocycles. The zero-order chi connectivity index (χ0) is 57.0. The summed E-state index contributed by atoms with van der Waals surface area (Å²) in [6.07, 6.45) is 79.5. The number of nitrogens with one attached hydrogen (secondary N) is 1. The van der Waals surface area contributed by atoms with Crippen LogP contribution in [0.3, 0.4) is 0 Å². The fraction of sp³-hybridized carbons (Fsp3) is 0.899. The van der Waals surface area contributed by atoms with Crippen LogP contribution in [0.4, 0.5) is 0 Å². The second-order valence-corrected chi connectivity index (χ2v) is 26.4. The molecule has 0 rings (SSSR count). The Bertz CT molecular complexity index is 1360. The maximum absolute atomic E-state index is 13.1. The first-order valence-electron chi connectivity index (χ1n) is 34.4. The summed E-state index contributed by atoms with van der Waals surface area (Å²) >= 11 is 0. The van der Waals surface area contributed by atoms with Gasteiger partial charge in [0.1, 0.15) is 13.2 Å². The van der Waals surface area contributed by atoms with Crippen LogP contribution in [0.2, 0.25) is 0 Å². The molecule has 1 amide bonds. The Kier molecular flexibility index (Phi) is 59.3. The van der Waals surface area contributed by atoms with Crippen LogP contribution >= 0.6 is 7.82 Å². The Morgan fingerprint density at radius 1 is 0.436 bits per heavy atom. The highest BCUT2D eigenvalue weighted by atomic mass is 31.2. The van der Waals surface area contributed by atoms with Crippen molar-refractivity contribution in [3.63, 3.8) is 0 Å². The van der Waals surface area contributed by atoms with Crippen LogP contribution in [0.5, 0.6) is 0 Å². The highest BCUT2D eigenvalue weighted by Gasteiger charge is 2.28. The Morgan fingerprint density at radius 2 is 0.731 bits per heavy atom. The highest BCUT2D eigenvalue weighted by molar-refractivity contribution is 7.47. The number of aliphatic hydroxyl groups is 1. The molecule has 0 aliphatic carbocycles. The van der Waals surface area contributed by atoms with Gasteiger partial charge < -0.3 is 19.8 Å². The van der Waals surface area contributed by atoms with E-state index in [-0.39, 0.29) is 19.1 Å². The number of unbranched alkanes of at least 4 members (excludes halogenated alkanes) is 45. The van der Waals surface area contributed by atoms with Gasteiger partial charge in [-0.2, -0.15) is 0 Å². The Morgan fingerprint density at radius 3 is 1.06 bits per heavy atom. The molecular formula is C69H136N2O6P+. The molecule has 462 valence electrons. The molecule has 9 heteroatoms. The Hall–Kier alpha value is -1.28. The number of nitrogens with zero attached hydrogens (tertiary/aromatic N) is 1. The van der Waals surface area contributed by atoms with Crippen molar-refractivity contribution in [1.29, 1.82) is 0 Å². The number of phosphoric ester groups is 1. The molecular weight excluding hydrogens is 984 g/mol. The molecule has 3 unspecified atom stereocenters. The van der Waals surface area contributed by atoms with Gasteiger partial charge in [-0.1, -0.05) is 326 Å². The zero-order valence-electron chi connectivity index (χ0n) is 52.9. The second-order valence-electron chi connectivity index (χ2n) is 24.9. The van der Waals surface area contributed by atoms with Crippen molar-refractivity contribution in [2.75, 3.05) is 40.9 Å². The van der Waals surface area contributed by atoms with Crippen molar-refractivity contribution in [1.82, 2.24) is 5.32 Å². The van der Waals surface area contributed by atoms with Crippen molar-refractivity contribution < 1.29 is 32.9 Å². The van der Waals surface area contributed by atoms with Gasteiger partial charge in [0.25, 0.3) is 0 Å². The predicted molar refractivity (Wildman–Crippen MR) is 341 cm³/mol. The molecule has 0 aliphatic heterocycles. The summed E-state index contributed by atoms with van der Waals surface area (Å²) in [6.45, 7) is 4.92. The zero-order valence-corrected chi connectivity index (χ0v) is 53.8.